The van der Waals surface area contributed by atoms with E-state index in [2.05, 4.69) is 18.8 Å². The molecule has 0 amide bonds. The molecule has 0 spiro atoms. The van der Waals surface area contributed by atoms with Gasteiger partial charge < -0.3 is 15.2 Å². The zero-order chi connectivity index (χ0) is 15.0. The Balaban J connectivity index is 1.87. The fourth-order valence-corrected chi connectivity index (χ4v) is 2.38. The van der Waals surface area contributed by atoms with Gasteiger partial charge in [-0.15, -0.1) is 0 Å². The van der Waals surface area contributed by atoms with Gasteiger partial charge in [0.15, 0.2) is 11.5 Å². The van der Waals surface area contributed by atoms with E-state index in [-0.39, 0.29) is 11.4 Å². The molecule has 0 atom stereocenters. The van der Waals surface area contributed by atoms with Crippen molar-refractivity contribution in [1.29, 1.82) is 5.41 Å². The Hall–Kier alpha value is -2.56. The van der Waals surface area contributed by atoms with E-state index >= 15 is 0 Å². The van der Waals surface area contributed by atoms with Gasteiger partial charge in [0.25, 0.3) is 0 Å². The van der Waals surface area contributed by atoms with Crippen LogP contribution in [0.2, 0.25) is 0 Å². The second-order valence-electron chi connectivity index (χ2n) is 5.68. The van der Waals surface area contributed by atoms with Gasteiger partial charge >= 0.3 is 0 Å². The van der Waals surface area contributed by atoms with Crippen molar-refractivity contribution in [2.24, 2.45) is 5.73 Å². The highest BCUT2D eigenvalue weighted by molar-refractivity contribution is 5.94. The normalized spacial score (nSPS) is 15.1. The predicted molar refractivity (Wildman–Crippen MR) is 80.2 cm³/mol. The smallest absolute Gasteiger partial charge is 0.219 e. The Morgan fingerprint density at radius 3 is 2.81 bits per heavy atom. The summed E-state index contributed by atoms with van der Waals surface area (Å²) >= 11 is 0. The molecule has 2 aromatic rings. The van der Waals surface area contributed by atoms with Crippen LogP contribution in [0.15, 0.2) is 36.5 Å². The van der Waals surface area contributed by atoms with Crippen molar-refractivity contribution in [3.63, 3.8) is 0 Å². The first-order valence-electron chi connectivity index (χ1n) is 6.74. The van der Waals surface area contributed by atoms with Gasteiger partial charge in [-0.1, -0.05) is 12.1 Å². The van der Waals surface area contributed by atoms with Crippen molar-refractivity contribution in [2.75, 3.05) is 0 Å². The fraction of sp³-hybridized carbons (Fsp3) is 0.250. The van der Waals surface area contributed by atoms with Crippen LogP contribution in [0.25, 0.3) is 0 Å². The second-order valence-corrected chi connectivity index (χ2v) is 5.68. The van der Waals surface area contributed by atoms with E-state index in [0.717, 1.165) is 17.7 Å². The molecule has 1 aromatic heterocycles. The molecular weight excluding hydrogens is 266 g/mol. The standard InChI is InChI=1S/C16H17N3O2/c1-16(2)8-10-4-3-5-12(14(10)21-16)20-13-7-6-11(9-19-13)15(17)18/h3-7,9H,8H2,1-2H3,(H3,17,18). The predicted octanol–water partition coefficient (Wildman–Crippen LogP) is 2.87. The van der Waals surface area contributed by atoms with Crippen molar-refractivity contribution in [3.8, 4) is 17.4 Å². The largest absolute Gasteiger partial charge is 0.483 e. The third kappa shape index (κ3) is 2.67. The summed E-state index contributed by atoms with van der Waals surface area (Å²) in [5.74, 6) is 1.86. The van der Waals surface area contributed by atoms with Gasteiger partial charge in [0.05, 0.1) is 0 Å². The number of hydrogen-bond acceptors (Lipinski definition) is 4. The number of ether oxygens (including phenoxy) is 2. The Morgan fingerprint density at radius 2 is 2.14 bits per heavy atom. The number of aromatic nitrogens is 1. The van der Waals surface area contributed by atoms with E-state index < -0.39 is 0 Å². The summed E-state index contributed by atoms with van der Waals surface area (Å²) in [6.45, 7) is 4.10. The first-order chi connectivity index (χ1) is 9.94. The van der Waals surface area contributed by atoms with Crippen LogP contribution in [-0.2, 0) is 6.42 Å². The van der Waals surface area contributed by atoms with Crippen molar-refractivity contribution in [3.05, 3.63) is 47.7 Å². The Bertz CT molecular complexity index is 693. The van der Waals surface area contributed by atoms with Crippen LogP contribution in [0, 0.1) is 5.41 Å². The first kappa shape index (κ1) is 13.4. The number of nitrogens with zero attached hydrogens (tertiary/aromatic N) is 1. The number of nitrogen functional groups attached to an aromatic ring is 1. The lowest BCUT2D eigenvalue weighted by Crippen LogP contribution is -2.24. The van der Waals surface area contributed by atoms with Crippen LogP contribution in [0.3, 0.4) is 0 Å². The molecule has 5 heteroatoms. The average molecular weight is 283 g/mol. The van der Waals surface area contributed by atoms with Gasteiger partial charge in [-0.3, -0.25) is 5.41 Å². The molecule has 0 bridgehead atoms. The van der Waals surface area contributed by atoms with Gasteiger partial charge in [-0.25, -0.2) is 4.98 Å². The summed E-state index contributed by atoms with van der Waals surface area (Å²) < 4.78 is 11.8. The lowest BCUT2D eigenvalue weighted by molar-refractivity contribution is 0.135. The lowest BCUT2D eigenvalue weighted by atomic mass is 10.0. The minimum Gasteiger partial charge on any atom is -0.483 e. The average Bonchev–Trinajstić information content (AvgIpc) is 2.74. The number of fused-ring (bicyclic) bond motifs is 1. The zero-order valence-electron chi connectivity index (χ0n) is 12.0. The molecule has 0 aliphatic carbocycles. The summed E-state index contributed by atoms with van der Waals surface area (Å²) in [5, 5.41) is 7.35. The quantitative estimate of drug-likeness (QED) is 0.670. The monoisotopic (exact) mass is 283 g/mol. The molecule has 0 radical (unpaired) electrons. The van der Waals surface area contributed by atoms with Crippen LogP contribution >= 0.6 is 0 Å². The van der Waals surface area contributed by atoms with Crippen molar-refractivity contribution in [2.45, 2.75) is 25.9 Å². The second kappa shape index (κ2) is 4.77. The van der Waals surface area contributed by atoms with Crippen molar-refractivity contribution in [1.82, 2.24) is 4.98 Å². The number of pyridine rings is 1. The molecular formula is C16H17N3O2. The molecule has 1 aliphatic heterocycles. The third-order valence-electron chi connectivity index (χ3n) is 3.32. The zero-order valence-corrected chi connectivity index (χ0v) is 12.0. The molecule has 1 aromatic carbocycles. The van der Waals surface area contributed by atoms with E-state index in [9.17, 15) is 0 Å². The fourth-order valence-electron chi connectivity index (χ4n) is 2.38. The van der Waals surface area contributed by atoms with E-state index in [1.807, 2.05) is 18.2 Å². The number of nitrogens with one attached hydrogen (secondary N) is 1. The maximum absolute atomic E-state index is 7.35. The minimum absolute atomic E-state index is 0.0141. The third-order valence-corrected chi connectivity index (χ3v) is 3.32. The van der Waals surface area contributed by atoms with Crippen LogP contribution in [-0.4, -0.2) is 16.4 Å². The summed E-state index contributed by atoms with van der Waals surface area (Å²) in [6.07, 6.45) is 2.38. The number of benzene rings is 1. The maximum atomic E-state index is 7.35. The molecule has 3 rings (SSSR count). The molecule has 5 nitrogen and oxygen atoms in total. The molecule has 2 heterocycles. The van der Waals surface area contributed by atoms with Crippen molar-refractivity contribution >= 4 is 5.84 Å². The van der Waals surface area contributed by atoms with Crippen LogP contribution in [0.5, 0.6) is 17.4 Å². The van der Waals surface area contributed by atoms with Gasteiger partial charge in [0.1, 0.15) is 11.4 Å². The molecule has 21 heavy (non-hydrogen) atoms. The van der Waals surface area contributed by atoms with Crippen LogP contribution < -0.4 is 15.2 Å². The lowest BCUT2D eigenvalue weighted by Gasteiger charge is -2.18. The Kier molecular flexibility index (Phi) is 3.05. The summed E-state index contributed by atoms with van der Waals surface area (Å²) in [4.78, 5) is 4.16. The number of rotatable bonds is 3. The van der Waals surface area contributed by atoms with Gasteiger partial charge in [0, 0.05) is 29.8 Å². The summed E-state index contributed by atoms with van der Waals surface area (Å²) in [5.41, 5.74) is 6.89. The van der Waals surface area contributed by atoms with E-state index in [4.69, 9.17) is 20.6 Å². The molecule has 3 N–H and O–H groups in total. The number of para-hydroxylation sites is 1. The van der Waals surface area contributed by atoms with Gasteiger partial charge in [0.2, 0.25) is 5.88 Å². The number of hydrogen-bond donors (Lipinski definition) is 2. The maximum Gasteiger partial charge on any atom is 0.219 e. The molecule has 0 saturated heterocycles. The van der Waals surface area contributed by atoms with Crippen molar-refractivity contribution < 1.29 is 9.47 Å². The van der Waals surface area contributed by atoms with Crippen LogP contribution in [0.4, 0.5) is 0 Å². The summed E-state index contributed by atoms with van der Waals surface area (Å²) in [6, 6.07) is 9.25. The molecule has 1 aliphatic rings. The van der Waals surface area contributed by atoms with Gasteiger partial charge in [-0.2, -0.15) is 0 Å². The Morgan fingerprint density at radius 1 is 1.33 bits per heavy atom. The van der Waals surface area contributed by atoms with E-state index in [1.54, 1.807) is 12.1 Å². The summed E-state index contributed by atoms with van der Waals surface area (Å²) in [7, 11) is 0. The highest BCUT2D eigenvalue weighted by atomic mass is 16.5. The molecule has 0 unspecified atom stereocenters. The highest BCUT2D eigenvalue weighted by Gasteiger charge is 2.32. The Labute approximate surface area is 123 Å². The van der Waals surface area contributed by atoms with E-state index in [0.29, 0.717) is 17.2 Å². The highest BCUT2D eigenvalue weighted by Crippen LogP contribution is 2.42. The van der Waals surface area contributed by atoms with Crippen LogP contribution in [0.1, 0.15) is 25.0 Å². The molecule has 0 saturated carbocycles. The minimum atomic E-state index is -0.215. The number of nitrogens with two attached hydrogens (primary N) is 1. The van der Waals surface area contributed by atoms with Gasteiger partial charge in [-0.05, 0) is 26.0 Å². The molecule has 0 fully saturated rings. The number of amidine groups is 1. The first-order valence-corrected chi connectivity index (χ1v) is 6.74. The SMILES string of the molecule is CC1(C)Cc2cccc(Oc3ccc(C(=N)N)cn3)c2O1. The van der Waals surface area contributed by atoms with E-state index in [1.165, 1.54) is 6.20 Å². The molecule has 108 valence electrons. The topological polar surface area (TPSA) is 81.2 Å².